The van der Waals surface area contributed by atoms with Crippen LogP contribution < -0.4 is 5.73 Å². The molecule has 0 unspecified atom stereocenters. The first kappa shape index (κ1) is 9.36. The number of nitrogens with zero attached hydrogens (tertiary/aromatic N) is 1. The molecule has 0 aliphatic carbocycles. The molecule has 0 amide bonds. The van der Waals surface area contributed by atoms with Crippen molar-refractivity contribution in [3.63, 3.8) is 0 Å². The summed E-state index contributed by atoms with van der Waals surface area (Å²) in [7, 11) is 0. The summed E-state index contributed by atoms with van der Waals surface area (Å²) in [4.78, 5) is 0. The summed E-state index contributed by atoms with van der Waals surface area (Å²) in [5.41, 5.74) is 6.15. The third-order valence-electron chi connectivity index (χ3n) is 1.66. The lowest BCUT2D eigenvalue weighted by Gasteiger charge is -2.08. The van der Waals surface area contributed by atoms with Gasteiger partial charge in [0.2, 0.25) is 0 Å². The zero-order valence-electron chi connectivity index (χ0n) is 6.94. The van der Waals surface area contributed by atoms with Gasteiger partial charge in [0.1, 0.15) is 11.5 Å². The minimum absolute atomic E-state index is 0.0524. The van der Waals surface area contributed by atoms with Gasteiger partial charge in [0.15, 0.2) is 0 Å². The van der Waals surface area contributed by atoms with Crippen LogP contribution in [0.1, 0.15) is 18.0 Å². The van der Waals surface area contributed by atoms with Crippen LogP contribution in [0, 0.1) is 11.3 Å². The van der Waals surface area contributed by atoms with E-state index in [2.05, 4.69) is 0 Å². The average Bonchev–Trinajstić information content (AvgIpc) is 2.03. The van der Waals surface area contributed by atoms with Gasteiger partial charge in [0.05, 0.1) is 12.5 Å². The molecule has 0 aliphatic heterocycles. The van der Waals surface area contributed by atoms with E-state index in [1.54, 1.807) is 0 Å². The third-order valence-corrected chi connectivity index (χ3v) is 1.66. The molecule has 68 valence electrons. The van der Waals surface area contributed by atoms with Gasteiger partial charge in [-0.15, -0.1) is 0 Å². The Kier molecular flexibility index (Phi) is 2.72. The minimum atomic E-state index is -0.469. The van der Waals surface area contributed by atoms with Crippen molar-refractivity contribution in [2.24, 2.45) is 5.73 Å². The smallest absolute Gasteiger partial charge is 0.119 e. The molecule has 0 aliphatic rings. The molecule has 0 aromatic heterocycles. The average molecular weight is 178 g/mol. The molecule has 0 spiro atoms. The largest absolute Gasteiger partial charge is 0.508 e. The molecule has 4 heteroatoms. The molecule has 4 N–H and O–H groups in total. The van der Waals surface area contributed by atoms with Crippen LogP contribution in [0.5, 0.6) is 11.5 Å². The van der Waals surface area contributed by atoms with Gasteiger partial charge in [-0.05, 0) is 17.7 Å². The molecule has 13 heavy (non-hydrogen) atoms. The second-order valence-corrected chi connectivity index (χ2v) is 2.75. The highest BCUT2D eigenvalue weighted by atomic mass is 16.3. The fourth-order valence-electron chi connectivity index (χ4n) is 1.05. The first-order chi connectivity index (χ1) is 6.13. The highest BCUT2D eigenvalue weighted by Gasteiger charge is 2.07. The highest BCUT2D eigenvalue weighted by molar-refractivity contribution is 5.38. The first-order valence-corrected chi connectivity index (χ1v) is 3.79. The van der Waals surface area contributed by atoms with Crippen LogP contribution in [-0.2, 0) is 0 Å². The maximum absolute atomic E-state index is 9.11. The fourth-order valence-corrected chi connectivity index (χ4v) is 1.05. The molecule has 0 fully saturated rings. The highest BCUT2D eigenvalue weighted by Crippen LogP contribution is 2.24. The first-order valence-electron chi connectivity index (χ1n) is 3.79. The number of hydrogen-bond donors (Lipinski definition) is 3. The Labute approximate surface area is 75.8 Å². The summed E-state index contributed by atoms with van der Waals surface area (Å²) in [5, 5.41) is 26.6. The minimum Gasteiger partial charge on any atom is -0.508 e. The predicted octanol–water partition coefficient (Wildman–Crippen LogP) is 1.01. The Morgan fingerprint density at radius 1 is 1.31 bits per heavy atom. The topological polar surface area (TPSA) is 90.3 Å². The van der Waals surface area contributed by atoms with E-state index in [1.807, 2.05) is 6.07 Å². The molecule has 1 rings (SSSR count). The van der Waals surface area contributed by atoms with Gasteiger partial charge >= 0.3 is 0 Å². The van der Waals surface area contributed by atoms with Crippen LogP contribution in [0.15, 0.2) is 18.2 Å². The molecule has 1 aromatic carbocycles. The second kappa shape index (κ2) is 3.78. The van der Waals surface area contributed by atoms with Gasteiger partial charge in [0, 0.05) is 12.1 Å². The lowest BCUT2D eigenvalue weighted by molar-refractivity contribution is 0.448. The SMILES string of the molecule is N#CC[C@@H](N)c1cc(O)cc(O)c1. The van der Waals surface area contributed by atoms with Crippen LogP contribution >= 0.6 is 0 Å². The summed E-state index contributed by atoms with van der Waals surface area (Å²) < 4.78 is 0. The van der Waals surface area contributed by atoms with Crippen molar-refractivity contribution < 1.29 is 10.2 Å². The predicted molar refractivity (Wildman–Crippen MR) is 46.9 cm³/mol. The van der Waals surface area contributed by atoms with Gasteiger partial charge < -0.3 is 15.9 Å². The number of nitriles is 1. The van der Waals surface area contributed by atoms with Crippen molar-refractivity contribution in [3.05, 3.63) is 23.8 Å². The number of hydrogen-bond acceptors (Lipinski definition) is 4. The number of aromatic hydroxyl groups is 2. The standard InChI is InChI=1S/C9H10N2O2/c10-2-1-9(11)6-3-7(12)5-8(13)4-6/h3-5,9,12-13H,1,11H2/t9-/m1/s1. The van der Waals surface area contributed by atoms with Crippen molar-refractivity contribution in [3.8, 4) is 17.6 Å². The van der Waals surface area contributed by atoms with E-state index in [1.165, 1.54) is 18.2 Å². The molecule has 0 saturated heterocycles. The maximum atomic E-state index is 9.11. The zero-order chi connectivity index (χ0) is 9.84. The van der Waals surface area contributed by atoms with Gasteiger partial charge in [-0.2, -0.15) is 5.26 Å². The molecule has 0 bridgehead atoms. The number of nitrogens with two attached hydrogens (primary N) is 1. The van der Waals surface area contributed by atoms with E-state index in [9.17, 15) is 0 Å². The van der Waals surface area contributed by atoms with Crippen LogP contribution in [0.4, 0.5) is 0 Å². The van der Waals surface area contributed by atoms with E-state index in [0.717, 1.165) is 0 Å². The van der Waals surface area contributed by atoms with Crippen LogP contribution in [0.3, 0.4) is 0 Å². The summed E-state index contributed by atoms with van der Waals surface area (Å²) in [5.74, 6) is -0.105. The third kappa shape index (κ3) is 2.36. The van der Waals surface area contributed by atoms with E-state index in [-0.39, 0.29) is 17.9 Å². The van der Waals surface area contributed by atoms with Crippen LogP contribution in [-0.4, -0.2) is 10.2 Å². The van der Waals surface area contributed by atoms with E-state index in [4.69, 9.17) is 21.2 Å². The zero-order valence-corrected chi connectivity index (χ0v) is 6.94. The Morgan fingerprint density at radius 3 is 2.31 bits per heavy atom. The molecule has 1 aromatic rings. The number of rotatable bonds is 2. The van der Waals surface area contributed by atoms with Crippen molar-refractivity contribution in [2.45, 2.75) is 12.5 Å². The van der Waals surface area contributed by atoms with Crippen molar-refractivity contribution in [1.82, 2.24) is 0 Å². The van der Waals surface area contributed by atoms with Crippen LogP contribution in [0.2, 0.25) is 0 Å². The summed E-state index contributed by atoms with van der Waals surface area (Å²) in [6.45, 7) is 0. The number of phenolic OH excluding ortho intramolecular Hbond substituents is 2. The summed E-state index contributed by atoms with van der Waals surface area (Å²) in [6, 6.07) is 5.52. The van der Waals surface area contributed by atoms with Crippen molar-refractivity contribution >= 4 is 0 Å². The Bertz CT molecular complexity index is 324. The second-order valence-electron chi connectivity index (χ2n) is 2.75. The summed E-state index contributed by atoms with van der Waals surface area (Å²) >= 11 is 0. The molecule has 0 saturated carbocycles. The quantitative estimate of drug-likeness (QED) is 0.630. The number of phenols is 2. The van der Waals surface area contributed by atoms with Gasteiger partial charge in [-0.25, -0.2) is 0 Å². The van der Waals surface area contributed by atoms with Crippen molar-refractivity contribution in [2.75, 3.05) is 0 Å². The number of benzene rings is 1. The molecular weight excluding hydrogens is 168 g/mol. The van der Waals surface area contributed by atoms with Gasteiger partial charge in [-0.3, -0.25) is 0 Å². The van der Waals surface area contributed by atoms with Gasteiger partial charge in [0.25, 0.3) is 0 Å². The van der Waals surface area contributed by atoms with Crippen molar-refractivity contribution in [1.29, 1.82) is 5.26 Å². The van der Waals surface area contributed by atoms with E-state index in [0.29, 0.717) is 5.56 Å². The fraction of sp³-hybridized carbons (Fsp3) is 0.222. The van der Waals surface area contributed by atoms with E-state index < -0.39 is 6.04 Å². The summed E-state index contributed by atoms with van der Waals surface area (Å²) in [6.07, 6.45) is 0.156. The molecule has 4 nitrogen and oxygen atoms in total. The molecule has 0 radical (unpaired) electrons. The maximum Gasteiger partial charge on any atom is 0.119 e. The molecule has 1 atom stereocenters. The Balaban J connectivity index is 2.95. The van der Waals surface area contributed by atoms with Gasteiger partial charge in [-0.1, -0.05) is 0 Å². The lowest BCUT2D eigenvalue weighted by atomic mass is 10.0. The normalized spacial score (nSPS) is 12.0. The monoisotopic (exact) mass is 178 g/mol. The molecular formula is C9H10N2O2. The lowest BCUT2D eigenvalue weighted by Crippen LogP contribution is -2.08. The Hall–Kier alpha value is -1.73. The Morgan fingerprint density at radius 2 is 1.85 bits per heavy atom. The molecule has 0 heterocycles. The van der Waals surface area contributed by atoms with E-state index >= 15 is 0 Å². The van der Waals surface area contributed by atoms with Crippen LogP contribution in [0.25, 0.3) is 0 Å².